The van der Waals surface area contributed by atoms with E-state index in [9.17, 15) is 5.26 Å². The molecule has 0 aliphatic carbocycles. The molecule has 29 heavy (non-hydrogen) atoms. The standard InChI is InChI=1S/C23H24N4O2/c1-4-11-29-22-10-9-17-7-5-6-8-19(17)21(22)14-25-27-23-20(13-24)18(15-28-3)12-16(2)26-23/h5-10,12,14H,4,11,15H2,1-3H3,(H,26,27)/b25-14+. The van der Waals surface area contributed by atoms with Crippen LogP contribution in [0.25, 0.3) is 10.8 Å². The van der Waals surface area contributed by atoms with Gasteiger partial charge < -0.3 is 9.47 Å². The Kier molecular flexibility index (Phi) is 6.77. The summed E-state index contributed by atoms with van der Waals surface area (Å²) < 4.78 is 11.1. The number of pyridine rings is 1. The van der Waals surface area contributed by atoms with Crippen LogP contribution in [-0.4, -0.2) is 24.9 Å². The van der Waals surface area contributed by atoms with Crippen LogP contribution < -0.4 is 10.2 Å². The molecule has 0 saturated carbocycles. The van der Waals surface area contributed by atoms with E-state index in [1.807, 2.05) is 43.3 Å². The molecular weight excluding hydrogens is 364 g/mol. The second-order valence-electron chi connectivity index (χ2n) is 6.61. The number of hydrogen-bond donors (Lipinski definition) is 1. The van der Waals surface area contributed by atoms with Crippen LogP contribution in [-0.2, 0) is 11.3 Å². The lowest BCUT2D eigenvalue weighted by Crippen LogP contribution is -2.04. The van der Waals surface area contributed by atoms with E-state index in [4.69, 9.17) is 9.47 Å². The van der Waals surface area contributed by atoms with E-state index in [2.05, 4.69) is 34.6 Å². The minimum atomic E-state index is 0.336. The van der Waals surface area contributed by atoms with Gasteiger partial charge in [-0.2, -0.15) is 10.4 Å². The van der Waals surface area contributed by atoms with E-state index in [0.717, 1.165) is 39.8 Å². The molecule has 3 rings (SSSR count). The summed E-state index contributed by atoms with van der Waals surface area (Å²) in [5, 5.41) is 16.1. The Morgan fingerprint density at radius 2 is 2.07 bits per heavy atom. The van der Waals surface area contributed by atoms with Crippen LogP contribution in [0.15, 0.2) is 47.6 Å². The van der Waals surface area contributed by atoms with Gasteiger partial charge in [0.05, 0.1) is 19.4 Å². The highest BCUT2D eigenvalue weighted by atomic mass is 16.5. The average molecular weight is 388 g/mol. The quantitative estimate of drug-likeness (QED) is 0.443. The van der Waals surface area contributed by atoms with Crippen LogP contribution in [0.3, 0.4) is 0 Å². The molecule has 0 fully saturated rings. The average Bonchev–Trinajstić information content (AvgIpc) is 2.73. The van der Waals surface area contributed by atoms with Crippen LogP contribution in [0.5, 0.6) is 5.75 Å². The molecule has 1 N–H and O–H groups in total. The van der Waals surface area contributed by atoms with Crippen molar-refractivity contribution in [1.82, 2.24) is 4.98 Å². The summed E-state index contributed by atoms with van der Waals surface area (Å²) in [6.45, 7) is 4.91. The summed E-state index contributed by atoms with van der Waals surface area (Å²) >= 11 is 0. The zero-order chi connectivity index (χ0) is 20.6. The molecule has 6 nitrogen and oxygen atoms in total. The number of benzene rings is 2. The van der Waals surface area contributed by atoms with Gasteiger partial charge in [0.25, 0.3) is 0 Å². The fourth-order valence-corrected chi connectivity index (χ4v) is 3.12. The molecule has 0 bridgehead atoms. The normalized spacial score (nSPS) is 11.0. The summed E-state index contributed by atoms with van der Waals surface area (Å²) in [5.74, 6) is 1.18. The van der Waals surface area contributed by atoms with E-state index in [1.165, 1.54) is 0 Å². The van der Waals surface area contributed by atoms with Crippen LogP contribution in [0, 0.1) is 18.3 Å². The monoisotopic (exact) mass is 388 g/mol. The Morgan fingerprint density at radius 3 is 2.83 bits per heavy atom. The first-order chi connectivity index (χ1) is 14.2. The van der Waals surface area contributed by atoms with Gasteiger partial charge in [-0.15, -0.1) is 0 Å². The molecule has 0 aliphatic heterocycles. The third-order valence-corrected chi connectivity index (χ3v) is 4.40. The van der Waals surface area contributed by atoms with Gasteiger partial charge in [-0.25, -0.2) is 4.98 Å². The minimum absolute atomic E-state index is 0.336. The number of hydrogen-bond acceptors (Lipinski definition) is 6. The second kappa shape index (κ2) is 9.67. The predicted octanol–water partition coefficient (Wildman–Crippen LogP) is 4.80. The molecule has 3 aromatic rings. The molecule has 0 radical (unpaired) electrons. The molecule has 2 aromatic carbocycles. The Labute approximate surface area is 170 Å². The zero-order valence-corrected chi connectivity index (χ0v) is 16.9. The number of rotatable bonds is 8. The predicted molar refractivity (Wildman–Crippen MR) is 115 cm³/mol. The van der Waals surface area contributed by atoms with E-state index in [0.29, 0.717) is 24.6 Å². The fraction of sp³-hybridized carbons (Fsp3) is 0.261. The van der Waals surface area contributed by atoms with Crippen molar-refractivity contribution in [3.05, 3.63) is 64.8 Å². The molecule has 1 aromatic heterocycles. The molecule has 1 heterocycles. The van der Waals surface area contributed by atoms with Gasteiger partial charge in [0.1, 0.15) is 17.4 Å². The molecule has 0 aliphatic rings. The first-order valence-electron chi connectivity index (χ1n) is 9.51. The maximum Gasteiger partial charge on any atom is 0.164 e. The number of fused-ring (bicyclic) bond motifs is 1. The maximum atomic E-state index is 9.56. The highest BCUT2D eigenvalue weighted by Crippen LogP contribution is 2.27. The van der Waals surface area contributed by atoms with Crippen molar-refractivity contribution in [3.63, 3.8) is 0 Å². The van der Waals surface area contributed by atoms with Crippen molar-refractivity contribution in [2.75, 3.05) is 19.1 Å². The Hall–Kier alpha value is -3.43. The molecular formula is C23H24N4O2. The number of anilines is 1. The number of nitrogens with zero attached hydrogens (tertiary/aromatic N) is 3. The van der Waals surface area contributed by atoms with Crippen molar-refractivity contribution in [2.45, 2.75) is 26.9 Å². The SMILES string of the molecule is CCCOc1ccc2ccccc2c1/C=N/Nc1nc(C)cc(COC)c1C#N. The van der Waals surface area contributed by atoms with Crippen LogP contribution in [0.1, 0.15) is 35.7 Å². The largest absolute Gasteiger partial charge is 0.493 e. The van der Waals surface area contributed by atoms with Crippen molar-refractivity contribution in [2.24, 2.45) is 5.10 Å². The number of ether oxygens (including phenoxy) is 2. The smallest absolute Gasteiger partial charge is 0.164 e. The van der Waals surface area contributed by atoms with Crippen molar-refractivity contribution >= 4 is 22.8 Å². The van der Waals surface area contributed by atoms with E-state index >= 15 is 0 Å². The van der Waals surface area contributed by atoms with Crippen LogP contribution >= 0.6 is 0 Å². The van der Waals surface area contributed by atoms with Crippen molar-refractivity contribution in [3.8, 4) is 11.8 Å². The molecule has 0 amide bonds. The highest BCUT2D eigenvalue weighted by molar-refractivity contribution is 6.02. The first kappa shape index (κ1) is 20.3. The van der Waals surface area contributed by atoms with Crippen molar-refractivity contribution in [1.29, 1.82) is 5.26 Å². The zero-order valence-electron chi connectivity index (χ0n) is 16.9. The molecule has 0 spiro atoms. The van der Waals surface area contributed by atoms with Gasteiger partial charge in [0.15, 0.2) is 5.82 Å². The second-order valence-corrected chi connectivity index (χ2v) is 6.61. The summed E-state index contributed by atoms with van der Waals surface area (Å²) in [5.41, 5.74) is 5.79. The van der Waals surface area contributed by atoms with E-state index < -0.39 is 0 Å². The number of aromatic nitrogens is 1. The summed E-state index contributed by atoms with van der Waals surface area (Å²) in [6, 6.07) is 16.1. The number of hydrazone groups is 1. The van der Waals surface area contributed by atoms with Crippen LogP contribution in [0.2, 0.25) is 0 Å². The topological polar surface area (TPSA) is 79.5 Å². The van der Waals surface area contributed by atoms with Gasteiger partial charge in [0.2, 0.25) is 0 Å². The number of nitrogens with one attached hydrogen (secondary N) is 1. The molecule has 6 heteroatoms. The Bertz CT molecular complexity index is 1070. The molecule has 0 atom stereocenters. The van der Waals surface area contributed by atoms with Crippen LogP contribution in [0.4, 0.5) is 5.82 Å². The summed E-state index contributed by atoms with van der Waals surface area (Å²) in [6.07, 6.45) is 2.64. The molecule has 0 saturated heterocycles. The third kappa shape index (κ3) is 4.71. The maximum absolute atomic E-state index is 9.56. The molecule has 148 valence electrons. The van der Waals surface area contributed by atoms with Gasteiger partial charge in [-0.05, 0) is 36.2 Å². The van der Waals surface area contributed by atoms with Gasteiger partial charge >= 0.3 is 0 Å². The minimum Gasteiger partial charge on any atom is -0.493 e. The highest BCUT2D eigenvalue weighted by Gasteiger charge is 2.11. The fourth-order valence-electron chi connectivity index (χ4n) is 3.12. The lowest BCUT2D eigenvalue weighted by atomic mass is 10.0. The van der Waals surface area contributed by atoms with E-state index in [1.54, 1.807) is 13.3 Å². The third-order valence-electron chi connectivity index (χ3n) is 4.40. The number of aryl methyl sites for hydroxylation is 1. The van der Waals surface area contributed by atoms with Crippen molar-refractivity contribution < 1.29 is 9.47 Å². The number of methoxy groups -OCH3 is 1. The van der Waals surface area contributed by atoms with E-state index in [-0.39, 0.29) is 0 Å². The molecule has 0 unspecified atom stereocenters. The Morgan fingerprint density at radius 1 is 1.24 bits per heavy atom. The lowest BCUT2D eigenvalue weighted by Gasteiger charge is -2.12. The van der Waals surface area contributed by atoms with Gasteiger partial charge in [-0.1, -0.05) is 37.3 Å². The first-order valence-corrected chi connectivity index (χ1v) is 9.51. The Balaban J connectivity index is 1.97. The number of nitriles is 1. The van der Waals surface area contributed by atoms with Gasteiger partial charge in [0, 0.05) is 23.9 Å². The summed E-state index contributed by atoms with van der Waals surface area (Å²) in [7, 11) is 1.60. The van der Waals surface area contributed by atoms with Gasteiger partial charge in [-0.3, -0.25) is 5.43 Å². The summed E-state index contributed by atoms with van der Waals surface area (Å²) in [4.78, 5) is 4.42. The lowest BCUT2D eigenvalue weighted by molar-refractivity contribution is 0.184.